The number of hydrogen-bond acceptors (Lipinski definition) is 1. The Bertz CT molecular complexity index is 458. The quantitative estimate of drug-likeness (QED) is 0.683. The zero-order valence-corrected chi connectivity index (χ0v) is 6.67. The molecule has 13 heavy (non-hydrogen) atoms. The number of benzene rings is 1. The molecule has 0 radical (unpaired) electrons. The SMILES string of the molecule is O=c1[nH][nH]c(F)c1-c1ccccc1. The fraction of sp³-hybridized carbons (Fsp3) is 0. The molecule has 0 atom stereocenters. The van der Waals surface area contributed by atoms with Crippen molar-refractivity contribution >= 4 is 0 Å². The highest BCUT2D eigenvalue weighted by Gasteiger charge is 2.10. The van der Waals surface area contributed by atoms with Crippen molar-refractivity contribution in [1.29, 1.82) is 0 Å². The van der Waals surface area contributed by atoms with Gasteiger partial charge in [-0.05, 0) is 5.56 Å². The van der Waals surface area contributed by atoms with Crippen molar-refractivity contribution in [3.63, 3.8) is 0 Å². The predicted molar refractivity (Wildman–Crippen MR) is 46.8 cm³/mol. The zero-order chi connectivity index (χ0) is 9.26. The normalized spacial score (nSPS) is 10.2. The Morgan fingerprint density at radius 2 is 1.77 bits per heavy atom. The molecule has 1 aromatic heterocycles. The molecule has 2 aromatic rings. The Balaban J connectivity index is 2.65. The summed E-state index contributed by atoms with van der Waals surface area (Å²) in [6.45, 7) is 0. The Morgan fingerprint density at radius 3 is 2.31 bits per heavy atom. The van der Waals surface area contributed by atoms with E-state index in [0.29, 0.717) is 5.56 Å². The molecule has 0 fully saturated rings. The van der Waals surface area contributed by atoms with E-state index in [9.17, 15) is 9.18 Å². The lowest BCUT2D eigenvalue weighted by Gasteiger charge is -1.93. The van der Waals surface area contributed by atoms with Crippen molar-refractivity contribution in [1.82, 2.24) is 10.2 Å². The summed E-state index contributed by atoms with van der Waals surface area (Å²) in [5, 5.41) is 4.31. The largest absolute Gasteiger partial charge is 0.274 e. The van der Waals surface area contributed by atoms with Crippen molar-refractivity contribution in [3.8, 4) is 11.1 Å². The average molecular weight is 178 g/mol. The third-order valence-electron chi connectivity index (χ3n) is 1.79. The molecule has 2 rings (SSSR count). The van der Waals surface area contributed by atoms with Gasteiger partial charge in [-0.3, -0.25) is 15.0 Å². The van der Waals surface area contributed by atoms with Crippen LogP contribution in [0.3, 0.4) is 0 Å². The van der Waals surface area contributed by atoms with E-state index < -0.39 is 11.5 Å². The van der Waals surface area contributed by atoms with Gasteiger partial charge in [0.1, 0.15) is 5.56 Å². The van der Waals surface area contributed by atoms with Gasteiger partial charge in [-0.1, -0.05) is 30.3 Å². The van der Waals surface area contributed by atoms with Gasteiger partial charge in [0, 0.05) is 0 Å². The minimum absolute atomic E-state index is 0.0561. The summed E-state index contributed by atoms with van der Waals surface area (Å²) in [4.78, 5) is 11.1. The molecule has 1 heterocycles. The van der Waals surface area contributed by atoms with Crippen LogP contribution in [0.4, 0.5) is 4.39 Å². The van der Waals surface area contributed by atoms with Gasteiger partial charge >= 0.3 is 0 Å². The van der Waals surface area contributed by atoms with E-state index >= 15 is 0 Å². The summed E-state index contributed by atoms with van der Waals surface area (Å²) in [6.07, 6.45) is 0. The Labute approximate surface area is 73.2 Å². The molecule has 66 valence electrons. The van der Waals surface area contributed by atoms with E-state index in [4.69, 9.17) is 0 Å². The molecule has 1 aromatic carbocycles. The van der Waals surface area contributed by atoms with Crippen LogP contribution in [0.2, 0.25) is 0 Å². The molecule has 2 N–H and O–H groups in total. The second-order valence-corrected chi connectivity index (χ2v) is 2.63. The lowest BCUT2D eigenvalue weighted by Crippen LogP contribution is -2.01. The topological polar surface area (TPSA) is 48.6 Å². The Kier molecular flexibility index (Phi) is 1.73. The molecule has 0 bridgehead atoms. The monoisotopic (exact) mass is 178 g/mol. The summed E-state index contributed by atoms with van der Waals surface area (Å²) in [5.41, 5.74) is 0.187. The van der Waals surface area contributed by atoms with Crippen LogP contribution in [-0.2, 0) is 0 Å². The zero-order valence-electron chi connectivity index (χ0n) is 6.67. The highest BCUT2D eigenvalue weighted by atomic mass is 19.1. The van der Waals surface area contributed by atoms with E-state index in [0.717, 1.165) is 0 Å². The number of hydrogen-bond donors (Lipinski definition) is 2. The average Bonchev–Trinajstić information content (AvgIpc) is 2.48. The molecule has 0 saturated carbocycles. The van der Waals surface area contributed by atoms with Gasteiger partial charge in [0.25, 0.3) is 5.56 Å². The Hall–Kier alpha value is -1.84. The first-order chi connectivity index (χ1) is 6.29. The molecule has 0 amide bonds. The van der Waals surface area contributed by atoms with Gasteiger partial charge in [-0.25, -0.2) is 0 Å². The van der Waals surface area contributed by atoms with Crippen molar-refractivity contribution < 1.29 is 4.39 Å². The van der Waals surface area contributed by atoms with E-state index in [-0.39, 0.29) is 5.56 Å². The van der Waals surface area contributed by atoms with Crippen LogP contribution < -0.4 is 5.56 Å². The van der Waals surface area contributed by atoms with Gasteiger partial charge in [-0.2, -0.15) is 4.39 Å². The highest BCUT2D eigenvalue weighted by molar-refractivity contribution is 5.61. The maximum absolute atomic E-state index is 13.0. The van der Waals surface area contributed by atoms with Crippen molar-refractivity contribution in [2.75, 3.05) is 0 Å². The van der Waals surface area contributed by atoms with Crippen molar-refractivity contribution in [2.24, 2.45) is 0 Å². The lowest BCUT2D eigenvalue weighted by molar-refractivity contribution is 0.582. The second kappa shape index (κ2) is 2.90. The number of H-pyrrole nitrogens is 2. The minimum Gasteiger partial charge on any atom is -0.273 e. The lowest BCUT2D eigenvalue weighted by atomic mass is 10.1. The minimum atomic E-state index is -0.629. The summed E-state index contributed by atoms with van der Waals surface area (Å²) in [7, 11) is 0. The molecule has 4 heteroatoms. The smallest absolute Gasteiger partial charge is 0.273 e. The van der Waals surface area contributed by atoms with Crippen LogP contribution >= 0.6 is 0 Å². The first-order valence-corrected chi connectivity index (χ1v) is 3.80. The van der Waals surface area contributed by atoms with Gasteiger partial charge in [0.15, 0.2) is 0 Å². The molecule has 0 aliphatic carbocycles. The molecule has 0 unspecified atom stereocenters. The van der Waals surface area contributed by atoms with Crippen LogP contribution in [0.15, 0.2) is 35.1 Å². The van der Waals surface area contributed by atoms with Gasteiger partial charge in [0.2, 0.25) is 5.95 Å². The molecule has 3 nitrogen and oxygen atoms in total. The first-order valence-electron chi connectivity index (χ1n) is 3.80. The Morgan fingerprint density at radius 1 is 1.08 bits per heavy atom. The standard InChI is InChI=1S/C9H7FN2O/c10-8-7(9(13)12-11-8)6-4-2-1-3-5-6/h1-5H,(H2,11,12,13). The summed E-state index contributed by atoms with van der Waals surface area (Å²) < 4.78 is 13.0. The summed E-state index contributed by atoms with van der Waals surface area (Å²) in [6, 6.07) is 8.67. The fourth-order valence-corrected chi connectivity index (χ4v) is 1.20. The van der Waals surface area contributed by atoms with Gasteiger partial charge < -0.3 is 0 Å². The molecular formula is C9H7FN2O. The van der Waals surface area contributed by atoms with E-state index in [1.54, 1.807) is 24.3 Å². The predicted octanol–water partition coefficient (Wildman–Crippen LogP) is 1.51. The number of halogens is 1. The van der Waals surface area contributed by atoms with Gasteiger partial charge in [-0.15, -0.1) is 0 Å². The number of aromatic amines is 2. The van der Waals surface area contributed by atoms with Crippen LogP contribution in [0.25, 0.3) is 11.1 Å². The molecule has 0 aliphatic heterocycles. The maximum Gasteiger partial charge on any atom is 0.274 e. The first kappa shape index (κ1) is 7.79. The molecular weight excluding hydrogens is 171 g/mol. The molecule has 0 spiro atoms. The van der Waals surface area contributed by atoms with E-state index in [1.807, 2.05) is 6.07 Å². The summed E-state index contributed by atoms with van der Waals surface area (Å²) in [5.74, 6) is -0.629. The number of aromatic nitrogens is 2. The van der Waals surface area contributed by atoms with Crippen molar-refractivity contribution in [3.05, 3.63) is 46.6 Å². The highest BCUT2D eigenvalue weighted by Crippen LogP contribution is 2.15. The fourth-order valence-electron chi connectivity index (χ4n) is 1.20. The summed E-state index contributed by atoms with van der Waals surface area (Å²) >= 11 is 0. The third-order valence-corrected chi connectivity index (χ3v) is 1.79. The maximum atomic E-state index is 13.0. The number of nitrogens with one attached hydrogen (secondary N) is 2. The van der Waals surface area contributed by atoms with E-state index in [2.05, 4.69) is 10.2 Å². The van der Waals surface area contributed by atoms with Gasteiger partial charge in [0.05, 0.1) is 0 Å². The van der Waals surface area contributed by atoms with Crippen LogP contribution in [0, 0.1) is 5.95 Å². The third kappa shape index (κ3) is 1.26. The molecule has 0 aliphatic rings. The second-order valence-electron chi connectivity index (χ2n) is 2.63. The van der Waals surface area contributed by atoms with Crippen LogP contribution in [-0.4, -0.2) is 10.2 Å². The number of rotatable bonds is 1. The van der Waals surface area contributed by atoms with Crippen LogP contribution in [0.5, 0.6) is 0 Å². The molecule has 0 saturated heterocycles. The van der Waals surface area contributed by atoms with Crippen LogP contribution in [0.1, 0.15) is 0 Å². The van der Waals surface area contributed by atoms with E-state index in [1.165, 1.54) is 0 Å². The van der Waals surface area contributed by atoms with Crippen molar-refractivity contribution in [2.45, 2.75) is 0 Å².